The molecule has 0 aromatic heterocycles. The number of methoxy groups -OCH3 is 1. The molecule has 24 heavy (non-hydrogen) atoms. The first-order valence-corrected chi connectivity index (χ1v) is 8.04. The lowest BCUT2D eigenvalue weighted by Crippen LogP contribution is -2.42. The largest absolute Gasteiger partial charge is 0.375 e. The van der Waals surface area contributed by atoms with Crippen molar-refractivity contribution in [1.82, 2.24) is 4.90 Å². The first-order chi connectivity index (χ1) is 11.5. The first-order valence-electron chi connectivity index (χ1n) is 8.04. The Hall–Kier alpha value is -2.41. The van der Waals surface area contributed by atoms with E-state index in [9.17, 15) is 14.4 Å². The highest BCUT2D eigenvalue weighted by Gasteiger charge is 2.33. The maximum atomic E-state index is 12.4. The Morgan fingerprint density at radius 1 is 1.17 bits per heavy atom. The zero-order valence-electron chi connectivity index (χ0n) is 14.0. The first kappa shape index (κ1) is 17.9. The van der Waals surface area contributed by atoms with Gasteiger partial charge < -0.3 is 20.3 Å². The van der Waals surface area contributed by atoms with Crippen LogP contribution in [0.25, 0.3) is 0 Å². The summed E-state index contributed by atoms with van der Waals surface area (Å²) < 4.78 is 4.75. The topological polar surface area (TPSA) is 87.7 Å². The van der Waals surface area contributed by atoms with E-state index in [1.807, 2.05) is 0 Å². The molecular weight excluding hydrogens is 310 g/mol. The second-order valence-corrected chi connectivity index (χ2v) is 5.65. The Labute approximate surface area is 141 Å². The van der Waals surface area contributed by atoms with Crippen LogP contribution in [0.5, 0.6) is 0 Å². The lowest BCUT2D eigenvalue weighted by Gasteiger charge is -2.23. The third-order valence-corrected chi connectivity index (χ3v) is 3.89. The third kappa shape index (κ3) is 4.55. The van der Waals surface area contributed by atoms with E-state index >= 15 is 0 Å². The van der Waals surface area contributed by atoms with E-state index in [4.69, 9.17) is 4.74 Å². The van der Waals surface area contributed by atoms with E-state index in [-0.39, 0.29) is 24.3 Å². The van der Waals surface area contributed by atoms with Gasteiger partial charge in [0.05, 0.1) is 0 Å². The minimum atomic E-state index is -0.404. The van der Waals surface area contributed by atoms with Crippen molar-refractivity contribution in [2.75, 3.05) is 30.9 Å². The fourth-order valence-corrected chi connectivity index (χ4v) is 2.73. The summed E-state index contributed by atoms with van der Waals surface area (Å²) in [6.45, 7) is 2.42. The molecule has 0 saturated carbocycles. The van der Waals surface area contributed by atoms with Crippen molar-refractivity contribution >= 4 is 29.1 Å². The summed E-state index contributed by atoms with van der Waals surface area (Å²) in [7, 11) is 1.45. The zero-order chi connectivity index (χ0) is 17.5. The molecule has 1 heterocycles. The van der Waals surface area contributed by atoms with Crippen molar-refractivity contribution in [3.05, 3.63) is 24.3 Å². The summed E-state index contributed by atoms with van der Waals surface area (Å²) in [5.74, 6) is -0.414. The van der Waals surface area contributed by atoms with Crippen LogP contribution < -0.4 is 10.6 Å². The van der Waals surface area contributed by atoms with E-state index in [1.165, 1.54) is 7.11 Å². The molecule has 0 radical (unpaired) electrons. The van der Waals surface area contributed by atoms with Crippen molar-refractivity contribution in [2.24, 2.45) is 0 Å². The molecule has 2 N–H and O–H groups in total. The van der Waals surface area contributed by atoms with Gasteiger partial charge in [0.25, 0.3) is 0 Å². The van der Waals surface area contributed by atoms with Crippen LogP contribution in [0.4, 0.5) is 11.4 Å². The highest BCUT2D eigenvalue weighted by Crippen LogP contribution is 2.21. The molecule has 1 aliphatic heterocycles. The number of benzene rings is 1. The summed E-state index contributed by atoms with van der Waals surface area (Å²) in [5, 5.41) is 5.51. The number of nitrogens with one attached hydrogen (secondary N) is 2. The van der Waals surface area contributed by atoms with E-state index in [0.29, 0.717) is 30.8 Å². The molecule has 7 heteroatoms. The summed E-state index contributed by atoms with van der Waals surface area (Å²) in [4.78, 5) is 37.4. The maximum Gasteiger partial charge on any atom is 0.250 e. The molecule has 130 valence electrons. The molecule has 1 aliphatic rings. The molecule has 1 aromatic carbocycles. The molecule has 3 amide bonds. The normalized spacial score (nSPS) is 16.8. The predicted octanol–water partition coefficient (Wildman–Crippen LogP) is 1.61. The second kappa shape index (κ2) is 8.44. The van der Waals surface area contributed by atoms with Crippen LogP contribution >= 0.6 is 0 Å². The number of carbonyl (C=O) groups excluding carboxylic acids is 3. The highest BCUT2D eigenvalue weighted by atomic mass is 16.5. The van der Waals surface area contributed by atoms with Gasteiger partial charge in [0.2, 0.25) is 17.7 Å². The van der Waals surface area contributed by atoms with Crippen LogP contribution in [0, 0.1) is 0 Å². The Morgan fingerprint density at radius 3 is 2.38 bits per heavy atom. The lowest BCUT2D eigenvalue weighted by atomic mass is 10.2. The van der Waals surface area contributed by atoms with Crippen molar-refractivity contribution in [2.45, 2.75) is 32.2 Å². The minimum Gasteiger partial charge on any atom is -0.375 e. The van der Waals surface area contributed by atoms with E-state index < -0.39 is 6.04 Å². The number of rotatable bonds is 6. The van der Waals surface area contributed by atoms with Gasteiger partial charge >= 0.3 is 0 Å². The quantitative estimate of drug-likeness (QED) is 0.828. The number of hydrogen-bond acceptors (Lipinski definition) is 4. The summed E-state index contributed by atoms with van der Waals surface area (Å²) >= 11 is 0. The Balaban J connectivity index is 1.94. The maximum absolute atomic E-state index is 12.4. The van der Waals surface area contributed by atoms with E-state index in [0.717, 1.165) is 6.42 Å². The fourth-order valence-electron chi connectivity index (χ4n) is 2.73. The van der Waals surface area contributed by atoms with Crippen LogP contribution in [-0.2, 0) is 19.1 Å². The van der Waals surface area contributed by atoms with Gasteiger partial charge in [-0.15, -0.1) is 0 Å². The van der Waals surface area contributed by atoms with Crippen molar-refractivity contribution in [1.29, 1.82) is 0 Å². The van der Waals surface area contributed by atoms with Crippen LogP contribution in [0.3, 0.4) is 0 Å². The SMILES string of the molecule is CCC(=O)N1CCC[C@H]1C(=O)Nc1ccc(NC(=O)COC)cc1. The standard InChI is InChI=1S/C17H23N3O4/c1-3-16(22)20-10-4-5-14(20)17(23)19-13-8-6-12(7-9-13)18-15(21)11-24-2/h6-9,14H,3-5,10-11H2,1-2H3,(H,18,21)(H,19,23)/t14-/m0/s1. The number of nitrogens with zero attached hydrogens (tertiary/aromatic N) is 1. The number of likely N-dealkylation sites (tertiary alicyclic amines) is 1. The molecule has 1 fully saturated rings. The molecule has 0 bridgehead atoms. The molecular formula is C17H23N3O4. The minimum absolute atomic E-state index is 0.00357. The summed E-state index contributed by atoms with van der Waals surface area (Å²) in [6.07, 6.45) is 1.93. The molecule has 0 aliphatic carbocycles. The smallest absolute Gasteiger partial charge is 0.250 e. The number of amides is 3. The number of anilines is 2. The zero-order valence-corrected chi connectivity index (χ0v) is 14.0. The van der Waals surface area contributed by atoms with Crippen LogP contribution in [-0.4, -0.2) is 48.9 Å². The molecule has 0 spiro atoms. The molecule has 0 unspecified atom stereocenters. The van der Waals surface area contributed by atoms with E-state index in [2.05, 4.69) is 10.6 Å². The summed E-state index contributed by atoms with van der Waals surface area (Å²) in [5.41, 5.74) is 1.25. The highest BCUT2D eigenvalue weighted by molar-refractivity contribution is 5.98. The Morgan fingerprint density at radius 2 is 1.79 bits per heavy atom. The molecule has 7 nitrogen and oxygen atoms in total. The molecule has 1 saturated heterocycles. The molecule has 1 atom stereocenters. The van der Waals surface area contributed by atoms with Gasteiger partial charge in [0.15, 0.2) is 0 Å². The third-order valence-electron chi connectivity index (χ3n) is 3.89. The van der Waals surface area contributed by atoms with Gasteiger partial charge in [0, 0.05) is 31.5 Å². The monoisotopic (exact) mass is 333 g/mol. The van der Waals surface area contributed by atoms with Crippen molar-refractivity contribution in [3.63, 3.8) is 0 Å². The van der Waals surface area contributed by atoms with Crippen molar-refractivity contribution < 1.29 is 19.1 Å². The molecule has 2 rings (SSSR count). The van der Waals surface area contributed by atoms with Crippen LogP contribution in [0.2, 0.25) is 0 Å². The number of ether oxygens (including phenoxy) is 1. The predicted molar refractivity (Wildman–Crippen MR) is 90.6 cm³/mol. The fraction of sp³-hybridized carbons (Fsp3) is 0.471. The molecule has 1 aromatic rings. The van der Waals surface area contributed by atoms with Gasteiger partial charge in [-0.25, -0.2) is 0 Å². The average Bonchev–Trinajstić information content (AvgIpc) is 3.06. The van der Waals surface area contributed by atoms with Crippen LogP contribution in [0.1, 0.15) is 26.2 Å². The summed E-state index contributed by atoms with van der Waals surface area (Å²) in [6, 6.07) is 6.42. The van der Waals surface area contributed by atoms with Gasteiger partial charge in [-0.2, -0.15) is 0 Å². The lowest BCUT2D eigenvalue weighted by molar-refractivity contribution is -0.136. The van der Waals surface area contributed by atoms with Gasteiger partial charge in [-0.1, -0.05) is 6.92 Å². The Kier molecular flexibility index (Phi) is 6.31. The number of hydrogen-bond donors (Lipinski definition) is 2. The van der Waals surface area contributed by atoms with Crippen molar-refractivity contribution in [3.8, 4) is 0 Å². The van der Waals surface area contributed by atoms with Gasteiger partial charge in [-0.3, -0.25) is 14.4 Å². The average molecular weight is 333 g/mol. The van der Waals surface area contributed by atoms with Gasteiger partial charge in [-0.05, 0) is 37.1 Å². The van der Waals surface area contributed by atoms with Gasteiger partial charge in [0.1, 0.15) is 12.6 Å². The Bertz CT molecular complexity index is 600. The van der Waals surface area contributed by atoms with E-state index in [1.54, 1.807) is 36.1 Å². The number of carbonyl (C=O) groups is 3. The van der Waals surface area contributed by atoms with Crippen LogP contribution in [0.15, 0.2) is 24.3 Å². The second-order valence-electron chi connectivity index (χ2n) is 5.65.